The van der Waals surface area contributed by atoms with E-state index < -0.39 is 24.2 Å². The molecule has 2 aromatic rings. The van der Waals surface area contributed by atoms with Crippen LogP contribution >= 0.6 is 11.3 Å². The van der Waals surface area contributed by atoms with Gasteiger partial charge in [0.1, 0.15) is 30.9 Å². The Hall–Kier alpha value is -1.81. The number of hydrogen-bond acceptors (Lipinski definition) is 9. The summed E-state index contributed by atoms with van der Waals surface area (Å²) >= 11 is 1.44. The van der Waals surface area contributed by atoms with Crippen LogP contribution in [-0.2, 0) is 14.3 Å². The monoisotopic (exact) mass is 396 g/mol. The molecule has 1 fully saturated rings. The summed E-state index contributed by atoms with van der Waals surface area (Å²) < 4.78 is 11.9. The van der Waals surface area contributed by atoms with E-state index in [9.17, 15) is 9.90 Å². The van der Waals surface area contributed by atoms with Gasteiger partial charge in [0, 0.05) is 12.0 Å². The Bertz CT molecular complexity index is 767. The number of fused-ring (bicyclic) bond motifs is 1. The number of aliphatic hydroxyl groups is 1. The van der Waals surface area contributed by atoms with Crippen molar-refractivity contribution in [2.75, 3.05) is 12.3 Å². The molecule has 2 aromatic heterocycles. The lowest BCUT2D eigenvalue weighted by molar-refractivity contribution is -0.151. The van der Waals surface area contributed by atoms with Crippen LogP contribution in [0.3, 0.4) is 0 Å². The van der Waals surface area contributed by atoms with Crippen molar-refractivity contribution in [3.63, 3.8) is 0 Å². The molecule has 1 aliphatic rings. The first-order valence-corrected chi connectivity index (χ1v) is 9.99. The SMILES string of the molecule is CC.CC(C)C(N)C(=O)OCC1OC(c2csc3c(N)ncnc23)CC1O. The van der Waals surface area contributed by atoms with Gasteiger partial charge in [-0.15, -0.1) is 11.3 Å². The van der Waals surface area contributed by atoms with E-state index >= 15 is 0 Å². The molecule has 0 aromatic carbocycles. The Labute approximate surface area is 162 Å². The van der Waals surface area contributed by atoms with E-state index in [0.29, 0.717) is 12.2 Å². The van der Waals surface area contributed by atoms with Gasteiger partial charge >= 0.3 is 5.97 Å². The third kappa shape index (κ3) is 4.73. The summed E-state index contributed by atoms with van der Waals surface area (Å²) in [5, 5.41) is 12.2. The second-order valence-electron chi connectivity index (χ2n) is 6.49. The molecule has 9 heteroatoms. The van der Waals surface area contributed by atoms with E-state index in [1.165, 1.54) is 17.7 Å². The first-order chi connectivity index (χ1) is 12.9. The summed E-state index contributed by atoms with van der Waals surface area (Å²) in [7, 11) is 0. The van der Waals surface area contributed by atoms with Crippen molar-refractivity contribution in [1.29, 1.82) is 0 Å². The summed E-state index contributed by atoms with van der Waals surface area (Å²) in [6.45, 7) is 7.66. The second kappa shape index (κ2) is 9.41. The minimum absolute atomic E-state index is 0.0167. The van der Waals surface area contributed by atoms with Crippen LogP contribution in [0.25, 0.3) is 10.2 Å². The maximum atomic E-state index is 11.9. The lowest BCUT2D eigenvalue weighted by Crippen LogP contribution is -2.39. The van der Waals surface area contributed by atoms with E-state index in [2.05, 4.69) is 9.97 Å². The molecule has 0 radical (unpaired) electrons. The molecule has 8 nitrogen and oxygen atoms in total. The predicted octanol–water partition coefficient (Wildman–Crippen LogP) is 2.02. The van der Waals surface area contributed by atoms with Gasteiger partial charge in [-0.1, -0.05) is 27.7 Å². The van der Waals surface area contributed by atoms with Crippen LogP contribution in [0.15, 0.2) is 11.7 Å². The van der Waals surface area contributed by atoms with Gasteiger partial charge in [0.25, 0.3) is 0 Å². The van der Waals surface area contributed by atoms with E-state index in [4.69, 9.17) is 20.9 Å². The molecule has 0 spiro atoms. The van der Waals surface area contributed by atoms with Gasteiger partial charge in [-0.3, -0.25) is 4.79 Å². The molecule has 4 unspecified atom stereocenters. The van der Waals surface area contributed by atoms with Crippen LogP contribution in [-0.4, -0.2) is 45.9 Å². The van der Waals surface area contributed by atoms with Crippen molar-refractivity contribution in [3.8, 4) is 0 Å². The molecule has 0 aliphatic carbocycles. The minimum Gasteiger partial charge on any atom is -0.462 e. The fourth-order valence-corrected chi connectivity index (χ4v) is 3.69. The van der Waals surface area contributed by atoms with Gasteiger partial charge in [0.05, 0.1) is 22.4 Å². The summed E-state index contributed by atoms with van der Waals surface area (Å²) in [5.74, 6) is -0.0827. The second-order valence-corrected chi connectivity index (χ2v) is 7.37. The number of anilines is 1. The lowest BCUT2D eigenvalue weighted by atomic mass is 10.1. The highest BCUT2D eigenvalue weighted by molar-refractivity contribution is 7.17. The van der Waals surface area contributed by atoms with Gasteiger partial charge in [0.2, 0.25) is 0 Å². The normalized spacial score (nSPS) is 23.1. The molecule has 1 aliphatic heterocycles. The molecular weight excluding hydrogens is 368 g/mol. The molecule has 0 saturated carbocycles. The zero-order valence-electron chi connectivity index (χ0n) is 16.1. The van der Waals surface area contributed by atoms with E-state index in [1.807, 2.05) is 33.1 Å². The molecule has 4 atom stereocenters. The molecule has 0 bridgehead atoms. The summed E-state index contributed by atoms with van der Waals surface area (Å²) in [6, 6.07) is -0.685. The molecule has 3 rings (SSSR count). The number of thiophene rings is 1. The Balaban J connectivity index is 0.00000126. The van der Waals surface area contributed by atoms with Crippen molar-refractivity contribution in [3.05, 3.63) is 17.3 Å². The van der Waals surface area contributed by atoms with E-state index in [1.54, 1.807) is 0 Å². The zero-order valence-corrected chi connectivity index (χ0v) is 16.9. The van der Waals surface area contributed by atoms with Crippen LogP contribution in [0.4, 0.5) is 5.82 Å². The highest BCUT2D eigenvalue weighted by atomic mass is 32.1. The summed E-state index contributed by atoms with van der Waals surface area (Å²) in [6.07, 6.45) is 0.144. The number of nitrogen functional groups attached to an aromatic ring is 1. The number of nitrogens with two attached hydrogens (primary N) is 2. The number of rotatable bonds is 5. The fraction of sp³-hybridized carbons (Fsp3) is 0.611. The van der Waals surface area contributed by atoms with Gasteiger partial charge in [-0.05, 0) is 11.3 Å². The van der Waals surface area contributed by atoms with Crippen molar-refractivity contribution in [1.82, 2.24) is 9.97 Å². The molecule has 3 heterocycles. The third-order valence-electron chi connectivity index (χ3n) is 4.36. The summed E-state index contributed by atoms with van der Waals surface area (Å²) in [4.78, 5) is 20.1. The lowest BCUT2D eigenvalue weighted by Gasteiger charge is -2.18. The third-order valence-corrected chi connectivity index (χ3v) is 5.37. The van der Waals surface area contributed by atoms with E-state index in [0.717, 1.165) is 15.8 Å². The summed E-state index contributed by atoms with van der Waals surface area (Å²) in [5.41, 5.74) is 13.2. The van der Waals surface area contributed by atoms with Crippen molar-refractivity contribution >= 4 is 33.3 Å². The topological polar surface area (TPSA) is 134 Å². The van der Waals surface area contributed by atoms with Crippen LogP contribution in [0.1, 0.15) is 45.8 Å². The first kappa shape index (κ1) is 21.5. The molecule has 150 valence electrons. The maximum absolute atomic E-state index is 11.9. The predicted molar refractivity (Wildman–Crippen MR) is 105 cm³/mol. The Morgan fingerprint density at radius 2 is 2.15 bits per heavy atom. The number of aliphatic hydroxyl groups excluding tert-OH is 1. The van der Waals surface area contributed by atoms with Crippen molar-refractivity contribution in [2.45, 2.75) is 58.5 Å². The standard InChI is InChI=1S/C16H22N4O4S.C2H6/c1-7(2)12(17)16(22)23-4-11-9(21)3-10(24-11)8-5-25-14-13(8)19-6-20-15(14)18;1-2/h5-7,9-12,21H,3-4,17H2,1-2H3,(H2,18,19,20);1-2H3. The Morgan fingerprint density at radius 1 is 1.44 bits per heavy atom. The largest absolute Gasteiger partial charge is 0.462 e. The van der Waals surface area contributed by atoms with Crippen LogP contribution in [0.2, 0.25) is 0 Å². The number of hydrogen-bond donors (Lipinski definition) is 3. The highest BCUT2D eigenvalue weighted by Crippen LogP contribution is 2.39. The number of carbonyl (C=O) groups excluding carboxylic acids is 1. The minimum atomic E-state index is -0.734. The van der Waals surface area contributed by atoms with Crippen LogP contribution in [0, 0.1) is 5.92 Å². The van der Waals surface area contributed by atoms with Crippen LogP contribution in [0.5, 0.6) is 0 Å². The highest BCUT2D eigenvalue weighted by Gasteiger charge is 2.37. The first-order valence-electron chi connectivity index (χ1n) is 9.11. The quantitative estimate of drug-likeness (QED) is 0.654. The Morgan fingerprint density at radius 3 is 2.81 bits per heavy atom. The maximum Gasteiger partial charge on any atom is 0.323 e. The van der Waals surface area contributed by atoms with Gasteiger partial charge in [-0.2, -0.15) is 0 Å². The van der Waals surface area contributed by atoms with Gasteiger partial charge in [0.15, 0.2) is 0 Å². The average molecular weight is 397 g/mol. The van der Waals surface area contributed by atoms with Gasteiger partial charge < -0.3 is 26.0 Å². The van der Waals surface area contributed by atoms with E-state index in [-0.39, 0.29) is 18.6 Å². The number of carbonyl (C=O) groups is 1. The Kier molecular flexibility index (Phi) is 7.49. The molecule has 27 heavy (non-hydrogen) atoms. The number of ether oxygens (including phenoxy) is 2. The fourth-order valence-electron chi connectivity index (χ4n) is 2.73. The molecule has 1 saturated heterocycles. The number of nitrogens with zero attached hydrogens (tertiary/aromatic N) is 2. The molecule has 5 N–H and O–H groups in total. The van der Waals surface area contributed by atoms with Gasteiger partial charge in [-0.25, -0.2) is 9.97 Å². The number of aromatic nitrogens is 2. The molecular formula is C18H28N4O4S. The average Bonchev–Trinajstić information content (AvgIpc) is 3.25. The van der Waals surface area contributed by atoms with Crippen molar-refractivity contribution < 1.29 is 19.4 Å². The number of esters is 1. The van der Waals surface area contributed by atoms with Crippen LogP contribution < -0.4 is 11.5 Å². The smallest absolute Gasteiger partial charge is 0.323 e. The zero-order chi connectivity index (χ0) is 20.1. The molecule has 0 amide bonds. The van der Waals surface area contributed by atoms with Crippen molar-refractivity contribution in [2.24, 2.45) is 11.7 Å².